The van der Waals surface area contributed by atoms with Crippen molar-refractivity contribution < 1.29 is 4.79 Å². The molecular weight excluding hydrogens is 208 g/mol. The van der Waals surface area contributed by atoms with Crippen LogP contribution in [0.15, 0.2) is 54.6 Å². The molecular formula is C16H16O. The first-order chi connectivity index (χ1) is 8.25. The van der Waals surface area contributed by atoms with E-state index >= 15 is 0 Å². The van der Waals surface area contributed by atoms with Crippen molar-refractivity contribution in [2.24, 2.45) is 0 Å². The van der Waals surface area contributed by atoms with Gasteiger partial charge in [0.05, 0.1) is 0 Å². The molecule has 0 saturated carbocycles. The predicted octanol–water partition coefficient (Wildman–Crippen LogP) is 3.92. The highest BCUT2D eigenvalue weighted by molar-refractivity contribution is 5.87. The summed E-state index contributed by atoms with van der Waals surface area (Å²) >= 11 is 0. The van der Waals surface area contributed by atoms with Gasteiger partial charge in [0.15, 0.2) is 5.78 Å². The summed E-state index contributed by atoms with van der Waals surface area (Å²) in [6, 6.07) is 14.9. The molecule has 1 heteroatoms. The van der Waals surface area contributed by atoms with Gasteiger partial charge in [0.25, 0.3) is 0 Å². The Kier molecular flexibility index (Phi) is 3.71. The topological polar surface area (TPSA) is 17.1 Å². The fourth-order valence-electron chi connectivity index (χ4n) is 1.89. The zero-order chi connectivity index (χ0) is 12.1. The molecule has 0 heterocycles. The average molecular weight is 224 g/mol. The van der Waals surface area contributed by atoms with Crippen molar-refractivity contribution in [1.82, 2.24) is 0 Å². The number of rotatable bonds is 4. The van der Waals surface area contributed by atoms with Crippen LogP contribution >= 0.6 is 0 Å². The van der Waals surface area contributed by atoms with E-state index in [-0.39, 0.29) is 5.78 Å². The first kappa shape index (κ1) is 11.6. The molecule has 0 N–H and O–H groups in total. The lowest BCUT2D eigenvalue weighted by molar-refractivity contribution is -0.112. The SMILES string of the molecule is CC(=O)/C=C/CCc1ccc2ccccc2c1. The van der Waals surface area contributed by atoms with Crippen LogP contribution in [-0.4, -0.2) is 5.78 Å². The van der Waals surface area contributed by atoms with Gasteiger partial charge < -0.3 is 0 Å². The number of allylic oxidation sites excluding steroid dienone is 2. The maximum absolute atomic E-state index is 10.7. The highest BCUT2D eigenvalue weighted by Crippen LogP contribution is 2.16. The Labute approximate surface area is 102 Å². The van der Waals surface area contributed by atoms with E-state index in [0.717, 1.165) is 12.8 Å². The lowest BCUT2D eigenvalue weighted by atomic mass is 10.0. The number of carbonyl (C=O) groups is 1. The second-order valence-corrected chi connectivity index (χ2v) is 4.23. The van der Waals surface area contributed by atoms with Crippen molar-refractivity contribution in [3.05, 3.63) is 60.2 Å². The van der Waals surface area contributed by atoms with Crippen molar-refractivity contribution in [2.75, 3.05) is 0 Å². The molecule has 0 aromatic heterocycles. The molecule has 0 aliphatic heterocycles. The van der Waals surface area contributed by atoms with Crippen LogP contribution in [0.2, 0.25) is 0 Å². The molecule has 0 spiro atoms. The highest BCUT2D eigenvalue weighted by Gasteiger charge is 1.95. The van der Waals surface area contributed by atoms with E-state index in [1.54, 1.807) is 13.0 Å². The Bertz CT molecular complexity index is 552. The van der Waals surface area contributed by atoms with Crippen molar-refractivity contribution in [3.63, 3.8) is 0 Å². The molecule has 86 valence electrons. The van der Waals surface area contributed by atoms with E-state index in [1.807, 2.05) is 6.08 Å². The second-order valence-electron chi connectivity index (χ2n) is 4.23. The zero-order valence-electron chi connectivity index (χ0n) is 10.0. The number of hydrogen-bond donors (Lipinski definition) is 0. The number of hydrogen-bond acceptors (Lipinski definition) is 1. The van der Waals surface area contributed by atoms with E-state index in [0.29, 0.717) is 0 Å². The molecule has 0 aliphatic carbocycles. The first-order valence-corrected chi connectivity index (χ1v) is 5.90. The van der Waals surface area contributed by atoms with Crippen molar-refractivity contribution in [2.45, 2.75) is 19.8 Å². The Hall–Kier alpha value is -1.89. The maximum Gasteiger partial charge on any atom is 0.152 e. The third kappa shape index (κ3) is 3.28. The molecule has 2 rings (SSSR count). The molecule has 0 fully saturated rings. The lowest BCUT2D eigenvalue weighted by Crippen LogP contribution is -1.85. The van der Waals surface area contributed by atoms with E-state index in [4.69, 9.17) is 0 Å². The minimum absolute atomic E-state index is 0.114. The van der Waals surface area contributed by atoms with Gasteiger partial charge >= 0.3 is 0 Å². The fraction of sp³-hybridized carbons (Fsp3) is 0.188. The smallest absolute Gasteiger partial charge is 0.152 e. The Morgan fingerprint density at radius 1 is 1.12 bits per heavy atom. The van der Waals surface area contributed by atoms with Gasteiger partial charge in [0.2, 0.25) is 0 Å². The number of fused-ring (bicyclic) bond motifs is 1. The van der Waals surface area contributed by atoms with Crippen LogP contribution in [0.25, 0.3) is 10.8 Å². The number of benzene rings is 2. The standard InChI is InChI=1S/C16H16O/c1-13(17)6-2-3-7-14-10-11-15-8-4-5-9-16(15)12-14/h2,4-6,8-12H,3,7H2,1H3/b6-2+. The van der Waals surface area contributed by atoms with Crippen LogP contribution in [0, 0.1) is 0 Å². The molecule has 0 bridgehead atoms. The molecule has 0 atom stereocenters. The van der Waals surface area contributed by atoms with Crippen molar-refractivity contribution in [3.8, 4) is 0 Å². The lowest BCUT2D eigenvalue weighted by Gasteiger charge is -2.01. The summed E-state index contributed by atoms with van der Waals surface area (Å²) in [5.74, 6) is 0.114. The quantitative estimate of drug-likeness (QED) is 0.719. The van der Waals surface area contributed by atoms with Gasteiger partial charge in [-0.05, 0) is 42.2 Å². The summed E-state index contributed by atoms with van der Waals surface area (Å²) < 4.78 is 0. The molecule has 17 heavy (non-hydrogen) atoms. The maximum atomic E-state index is 10.7. The van der Waals surface area contributed by atoms with Gasteiger partial charge in [-0.15, -0.1) is 0 Å². The number of ketones is 1. The summed E-state index contributed by atoms with van der Waals surface area (Å²) in [5, 5.41) is 2.55. The molecule has 1 nitrogen and oxygen atoms in total. The molecule has 0 aliphatic rings. The summed E-state index contributed by atoms with van der Waals surface area (Å²) in [6.45, 7) is 1.58. The largest absolute Gasteiger partial charge is 0.295 e. The Morgan fingerprint density at radius 3 is 2.65 bits per heavy atom. The minimum atomic E-state index is 0.114. The van der Waals surface area contributed by atoms with Crippen molar-refractivity contribution >= 4 is 16.6 Å². The number of carbonyl (C=O) groups excluding carboxylic acids is 1. The van der Waals surface area contributed by atoms with Gasteiger partial charge in [-0.2, -0.15) is 0 Å². The molecule has 0 unspecified atom stereocenters. The van der Waals surface area contributed by atoms with Gasteiger partial charge in [-0.25, -0.2) is 0 Å². The van der Waals surface area contributed by atoms with E-state index in [2.05, 4.69) is 42.5 Å². The molecule has 0 amide bonds. The molecule has 0 saturated heterocycles. The molecule has 0 radical (unpaired) electrons. The van der Waals surface area contributed by atoms with E-state index in [1.165, 1.54) is 16.3 Å². The summed E-state index contributed by atoms with van der Waals surface area (Å²) in [7, 11) is 0. The minimum Gasteiger partial charge on any atom is -0.295 e. The van der Waals surface area contributed by atoms with E-state index < -0.39 is 0 Å². The van der Waals surface area contributed by atoms with Crippen LogP contribution in [-0.2, 0) is 11.2 Å². The van der Waals surface area contributed by atoms with Crippen LogP contribution in [0.1, 0.15) is 18.9 Å². The number of aryl methyl sites for hydroxylation is 1. The Morgan fingerprint density at radius 2 is 1.88 bits per heavy atom. The van der Waals surface area contributed by atoms with E-state index in [9.17, 15) is 4.79 Å². The summed E-state index contributed by atoms with van der Waals surface area (Å²) in [4.78, 5) is 10.7. The highest BCUT2D eigenvalue weighted by atomic mass is 16.1. The Balaban J connectivity index is 2.07. The third-order valence-electron chi connectivity index (χ3n) is 2.77. The molecule has 2 aromatic carbocycles. The summed E-state index contributed by atoms with van der Waals surface area (Å²) in [5.41, 5.74) is 1.32. The second kappa shape index (κ2) is 5.44. The third-order valence-corrected chi connectivity index (χ3v) is 2.77. The van der Waals surface area contributed by atoms with Gasteiger partial charge in [-0.3, -0.25) is 4.79 Å². The van der Waals surface area contributed by atoms with Crippen LogP contribution in [0.4, 0.5) is 0 Å². The van der Waals surface area contributed by atoms with Crippen LogP contribution in [0.3, 0.4) is 0 Å². The zero-order valence-corrected chi connectivity index (χ0v) is 10.0. The first-order valence-electron chi connectivity index (χ1n) is 5.90. The monoisotopic (exact) mass is 224 g/mol. The van der Waals surface area contributed by atoms with Crippen molar-refractivity contribution in [1.29, 1.82) is 0 Å². The van der Waals surface area contributed by atoms with Crippen LogP contribution in [0.5, 0.6) is 0 Å². The fourth-order valence-corrected chi connectivity index (χ4v) is 1.89. The van der Waals surface area contributed by atoms with Gasteiger partial charge in [0, 0.05) is 0 Å². The van der Waals surface area contributed by atoms with Gasteiger partial charge in [-0.1, -0.05) is 48.5 Å². The van der Waals surface area contributed by atoms with Gasteiger partial charge in [0.1, 0.15) is 0 Å². The molecule has 2 aromatic rings. The van der Waals surface area contributed by atoms with Crippen LogP contribution < -0.4 is 0 Å². The predicted molar refractivity (Wildman–Crippen MR) is 72.1 cm³/mol. The average Bonchev–Trinajstić information content (AvgIpc) is 2.34. The normalized spacial score (nSPS) is 11.1. The summed E-state index contributed by atoms with van der Waals surface area (Å²) in [6.07, 6.45) is 5.48.